The normalized spacial score (nSPS) is 29.2. The molecular formula is C16H30N2O3. The third-order valence-corrected chi connectivity index (χ3v) is 4.87. The first-order valence-corrected chi connectivity index (χ1v) is 8.34. The van der Waals surface area contributed by atoms with E-state index < -0.39 is 11.5 Å². The minimum Gasteiger partial charge on any atom is -0.480 e. The van der Waals surface area contributed by atoms with Gasteiger partial charge in [0.1, 0.15) is 5.54 Å². The first-order chi connectivity index (χ1) is 10.1. The summed E-state index contributed by atoms with van der Waals surface area (Å²) in [6.07, 6.45) is 5.97. The number of nitrogens with one attached hydrogen (secondary N) is 1. The van der Waals surface area contributed by atoms with Crippen molar-refractivity contribution in [2.24, 2.45) is 5.92 Å². The number of carboxylic acid groups (broad SMARTS) is 1. The number of hydrogen-bond acceptors (Lipinski definition) is 4. The van der Waals surface area contributed by atoms with Gasteiger partial charge in [-0.05, 0) is 58.0 Å². The molecule has 0 aromatic carbocycles. The number of likely N-dealkylation sites (N-methyl/N-ethyl adjacent to an activating group) is 1. The third-order valence-electron chi connectivity index (χ3n) is 4.87. The molecule has 0 saturated heterocycles. The summed E-state index contributed by atoms with van der Waals surface area (Å²) in [5.41, 5.74) is -0.718. The van der Waals surface area contributed by atoms with E-state index in [1.165, 1.54) is 12.8 Å². The van der Waals surface area contributed by atoms with Crippen LogP contribution in [-0.2, 0) is 9.53 Å². The van der Waals surface area contributed by atoms with Crippen molar-refractivity contribution in [3.63, 3.8) is 0 Å². The van der Waals surface area contributed by atoms with Gasteiger partial charge in [0, 0.05) is 19.2 Å². The highest BCUT2D eigenvalue weighted by Gasteiger charge is 2.45. The molecule has 0 radical (unpaired) electrons. The smallest absolute Gasteiger partial charge is 0.323 e. The van der Waals surface area contributed by atoms with Gasteiger partial charge in [0.15, 0.2) is 0 Å². The first-order valence-electron chi connectivity index (χ1n) is 8.34. The van der Waals surface area contributed by atoms with Crippen LogP contribution in [0.1, 0.15) is 45.4 Å². The fourth-order valence-electron chi connectivity index (χ4n) is 3.12. The molecule has 2 atom stereocenters. The monoisotopic (exact) mass is 298 g/mol. The number of rotatable bonds is 10. The molecule has 0 aromatic heterocycles. The molecule has 122 valence electrons. The molecular weight excluding hydrogens is 268 g/mol. The van der Waals surface area contributed by atoms with Gasteiger partial charge in [0.05, 0.1) is 6.61 Å². The Morgan fingerprint density at radius 2 is 2.19 bits per heavy atom. The minimum absolute atomic E-state index is 0.343. The molecule has 0 heterocycles. The van der Waals surface area contributed by atoms with Crippen LogP contribution in [0.4, 0.5) is 0 Å². The van der Waals surface area contributed by atoms with Crippen LogP contribution in [0.3, 0.4) is 0 Å². The highest BCUT2D eigenvalue weighted by molar-refractivity contribution is 5.79. The highest BCUT2D eigenvalue weighted by Crippen LogP contribution is 2.33. The molecule has 2 unspecified atom stereocenters. The lowest BCUT2D eigenvalue weighted by atomic mass is 9.97. The summed E-state index contributed by atoms with van der Waals surface area (Å²) in [5.74, 6) is 0.108. The van der Waals surface area contributed by atoms with E-state index >= 15 is 0 Å². The van der Waals surface area contributed by atoms with E-state index in [1.54, 1.807) is 0 Å². The van der Waals surface area contributed by atoms with E-state index in [9.17, 15) is 9.90 Å². The molecule has 2 saturated carbocycles. The van der Waals surface area contributed by atoms with Crippen LogP contribution in [0.5, 0.6) is 0 Å². The lowest BCUT2D eigenvalue weighted by molar-refractivity contribution is -0.144. The van der Waals surface area contributed by atoms with Crippen molar-refractivity contribution in [3.05, 3.63) is 0 Å². The summed E-state index contributed by atoms with van der Waals surface area (Å²) >= 11 is 0. The second kappa shape index (κ2) is 7.56. The van der Waals surface area contributed by atoms with Gasteiger partial charge in [-0.3, -0.25) is 4.79 Å². The quantitative estimate of drug-likeness (QED) is 0.601. The summed E-state index contributed by atoms with van der Waals surface area (Å²) in [6, 6.07) is 0.343. The van der Waals surface area contributed by atoms with Gasteiger partial charge in [-0.15, -0.1) is 0 Å². The number of carboxylic acids is 1. The van der Waals surface area contributed by atoms with Crippen LogP contribution in [0.15, 0.2) is 0 Å². The molecule has 2 aliphatic rings. The van der Waals surface area contributed by atoms with Crippen LogP contribution >= 0.6 is 0 Å². The van der Waals surface area contributed by atoms with Crippen molar-refractivity contribution < 1.29 is 14.6 Å². The summed E-state index contributed by atoms with van der Waals surface area (Å²) < 4.78 is 5.68. The Kier molecular flexibility index (Phi) is 6.02. The van der Waals surface area contributed by atoms with E-state index in [-0.39, 0.29) is 0 Å². The number of nitrogens with zero attached hydrogens (tertiary/aromatic N) is 1. The number of aliphatic carboxylic acids is 1. The topological polar surface area (TPSA) is 61.8 Å². The number of ether oxygens (including phenoxy) is 1. The van der Waals surface area contributed by atoms with E-state index in [0.29, 0.717) is 12.5 Å². The van der Waals surface area contributed by atoms with Crippen molar-refractivity contribution in [1.29, 1.82) is 0 Å². The Balaban J connectivity index is 1.74. The van der Waals surface area contributed by atoms with Gasteiger partial charge in [-0.25, -0.2) is 0 Å². The Hall–Kier alpha value is -0.650. The number of hydrogen-bond donors (Lipinski definition) is 2. The van der Waals surface area contributed by atoms with Crippen LogP contribution in [0, 0.1) is 5.92 Å². The molecule has 2 aliphatic carbocycles. The van der Waals surface area contributed by atoms with Crippen molar-refractivity contribution >= 4 is 5.97 Å². The lowest BCUT2D eigenvalue weighted by Gasteiger charge is -2.28. The van der Waals surface area contributed by atoms with Gasteiger partial charge in [0.2, 0.25) is 0 Å². The van der Waals surface area contributed by atoms with E-state index in [4.69, 9.17) is 4.74 Å². The molecule has 5 heteroatoms. The maximum absolute atomic E-state index is 11.6. The SMILES string of the molecule is CCCNC1(C(=O)O)CCC(N(C)CCOCC2CC2)C1. The van der Waals surface area contributed by atoms with Crippen LogP contribution in [-0.4, -0.2) is 60.9 Å². The third kappa shape index (κ3) is 4.66. The lowest BCUT2D eigenvalue weighted by Crippen LogP contribution is -2.51. The van der Waals surface area contributed by atoms with Crippen molar-refractivity contribution in [2.45, 2.75) is 57.0 Å². The van der Waals surface area contributed by atoms with E-state index in [2.05, 4.69) is 24.2 Å². The molecule has 2 N–H and O–H groups in total. The van der Waals surface area contributed by atoms with E-state index in [1.807, 2.05) is 0 Å². The van der Waals surface area contributed by atoms with Crippen LogP contribution < -0.4 is 5.32 Å². The Labute approximate surface area is 128 Å². The van der Waals surface area contributed by atoms with Gasteiger partial charge in [-0.1, -0.05) is 6.92 Å². The zero-order valence-electron chi connectivity index (χ0n) is 13.4. The fraction of sp³-hybridized carbons (Fsp3) is 0.938. The molecule has 0 amide bonds. The average Bonchev–Trinajstić information content (AvgIpc) is 3.18. The van der Waals surface area contributed by atoms with Gasteiger partial charge < -0.3 is 20.1 Å². The fourth-order valence-corrected chi connectivity index (χ4v) is 3.12. The molecule has 0 aliphatic heterocycles. The molecule has 2 rings (SSSR count). The maximum atomic E-state index is 11.6. The summed E-state index contributed by atoms with van der Waals surface area (Å²) in [6.45, 7) is 5.38. The summed E-state index contributed by atoms with van der Waals surface area (Å²) in [4.78, 5) is 13.9. The van der Waals surface area contributed by atoms with Crippen LogP contribution in [0.2, 0.25) is 0 Å². The average molecular weight is 298 g/mol. The Morgan fingerprint density at radius 1 is 1.43 bits per heavy atom. The minimum atomic E-state index is -0.718. The second-order valence-corrected chi connectivity index (χ2v) is 6.71. The van der Waals surface area contributed by atoms with Crippen LogP contribution in [0.25, 0.3) is 0 Å². The molecule has 0 bridgehead atoms. The molecule has 0 spiro atoms. The Bertz CT molecular complexity index is 346. The number of carbonyl (C=O) groups is 1. The summed E-state index contributed by atoms with van der Waals surface area (Å²) in [7, 11) is 2.09. The molecule has 5 nitrogen and oxygen atoms in total. The zero-order valence-corrected chi connectivity index (χ0v) is 13.4. The Morgan fingerprint density at radius 3 is 2.81 bits per heavy atom. The van der Waals surface area contributed by atoms with E-state index in [0.717, 1.165) is 51.5 Å². The molecule has 21 heavy (non-hydrogen) atoms. The predicted octanol–water partition coefficient (Wildman–Crippen LogP) is 1.72. The summed E-state index contributed by atoms with van der Waals surface area (Å²) in [5, 5.41) is 12.8. The predicted molar refractivity (Wildman–Crippen MR) is 82.5 cm³/mol. The highest BCUT2D eigenvalue weighted by atomic mass is 16.5. The first kappa shape index (κ1) is 16.7. The second-order valence-electron chi connectivity index (χ2n) is 6.71. The van der Waals surface area contributed by atoms with Gasteiger partial charge >= 0.3 is 5.97 Å². The van der Waals surface area contributed by atoms with Crippen molar-refractivity contribution in [1.82, 2.24) is 10.2 Å². The van der Waals surface area contributed by atoms with Gasteiger partial charge in [-0.2, -0.15) is 0 Å². The van der Waals surface area contributed by atoms with Crippen molar-refractivity contribution in [3.8, 4) is 0 Å². The standard InChI is InChI=1S/C16H30N2O3/c1-3-8-17-16(15(19)20)7-6-14(11-16)18(2)9-10-21-12-13-4-5-13/h13-14,17H,3-12H2,1-2H3,(H,19,20). The molecule has 2 fully saturated rings. The zero-order chi connectivity index (χ0) is 15.3. The maximum Gasteiger partial charge on any atom is 0.323 e. The van der Waals surface area contributed by atoms with Gasteiger partial charge in [0.25, 0.3) is 0 Å². The van der Waals surface area contributed by atoms with Crippen molar-refractivity contribution in [2.75, 3.05) is 33.4 Å². The largest absolute Gasteiger partial charge is 0.480 e. The molecule has 0 aromatic rings.